The minimum Gasteiger partial charge on any atom is -0.472 e. The monoisotopic (exact) mass is 188 g/mol. The summed E-state index contributed by atoms with van der Waals surface area (Å²) in [6.45, 7) is 4.36. The molecule has 0 bridgehead atoms. The Bertz CT molecular complexity index is 194. The van der Waals surface area contributed by atoms with Gasteiger partial charge in [-0.1, -0.05) is 24.6 Å². The SMILES string of the molecule is CC(C)C(SS)c1ccoc1. The van der Waals surface area contributed by atoms with Crippen LogP contribution in [0.25, 0.3) is 0 Å². The van der Waals surface area contributed by atoms with Crippen LogP contribution in [0.4, 0.5) is 0 Å². The van der Waals surface area contributed by atoms with E-state index in [-0.39, 0.29) is 0 Å². The molecule has 0 aliphatic heterocycles. The highest BCUT2D eigenvalue weighted by atomic mass is 33.1. The molecule has 11 heavy (non-hydrogen) atoms. The van der Waals surface area contributed by atoms with Gasteiger partial charge in [-0.05, 0) is 12.0 Å². The smallest absolute Gasteiger partial charge is 0.0946 e. The Kier molecular flexibility index (Phi) is 3.40. The zero-order valence-corrected chi connectivity index (χ0v) is 8.36. The van der Waals surface area contributed by atoms with Crippen LogP contribution in [0, 0.1) is 5.92 Å². The van der Waals surface area contributed by atoms with Crippen molar-refractivity contribution in [2.45, 2.75) is 19.1 Å². The fourth-order valence-electron chi connectivity index (χ4n) is 1.00. The summed E-state index contributed by atoms with van der Waals surface area (Å²) in [5.74, 6) is 0.593. The van der Waals surface area contributed by atoms with E-state index in [2.05, 4.69) is 25.5 Å². The van der Waals surface area contributed by atoms with Crippen molar-refractivity contribution in [3.8, 4) is 0 Å². The number of thiol groups is 1. The molecule has 1 unspecified atom stereocenters. The van der Waals surface area contributed by atoms with Crippen molar-refractivity contribution in [1.29, 1.82) is 0 Å². The summed E-state index contributed by atoms with van der Waals surface area (Å²) in [4.78, 5) is 0. The minimum absolute atomic E-state index is 0.442. The first-order chi connectivity index (χ1) is 5.25. The van der Waals surface area contributed by atoms with Crippen molar-refractivity contribution in [2.24, 2.45) is 5.92 Å². The minimum atomic E-state index is 0.442. The van der Waals surface area contributed by atoms with Crippen molar-refractivity contribution >= 4 is 22.5 Å². The topological polar surface area (TPSA) is 13.1 Å². The highest BCUT2D eigenvalue weighted by Gasteiger charge is 2.15. The maximum absolute atomic E-state index is 5.00. The van der Waals surface area contributed by atoms with Gasteiger partial charge in [-0.3, -0.25) is 0 Å². The predicted molar refractivity (Wildman–Crippen MR) is 52.9 cm³/mol. The molecule has 0 fully saturated rings. The summed E-state index contributed by atoms with van der Waals surface area (Å²) in [6.07, 6.45) is 3.49. The van der Waals surface area contributed by atoms with E-state index < -0.39 is 0 Å². The average Bonchev–Trinajstić information content (AvgIpc) is 2.40. The molecule has 0 saturated heterocycles. The molecule has 1 atom stereocenters. The van der Waals surface area contributed by atoms with Crippen LogP contribution in [-0.4, -0.2) is 0 Å². The van der Waals surface area contributed by atoms with Crippen LogP contribution < -0.4 is 0 Å². The molecule has 1 heterocycles. The molecule has 1 aromatic heterocycles. The number of furan rings is 1. The number of rotatable bonds is 3. The fourth-order valence-corrected chi connectivity index (χ4v) is 2.60. The Morgan fingerprint density at radius 1 is 1.55 bits per heavy atom. The molecule has 0 N–H and O–H groups in total. The van der Waals surface area contributed by atoms with Gasteiger partial charge in [0.05, 0.1) is 12.5 Å². The summed E-state index contributed by atoms with van der Waals surface area (Å²) >= 11 is 4.22. The van der Waals surface area contributed by atoms with E-state index in [4.69, 9.17) is 4.42 Å². The van der Waals surface area contributed by atoms with Gasteiger partial charge in [-0.15, -0.1) is 11.7 Å². The second-order valence-electron chi connectivity index (χ2n) is 2.83. The maximum Gasteiger partial charge on any atom is 0.0946 e. The summed E-state index contributed by atoms with van der Waals surface area (Å²) in [5.41, 5.74) is 1.22. The van der Waals surface area contributed by atoms with Gasteiger partial charge in [0, 0.05) is 10.8 Å². The Morgan fingerprint density at radius 2 is 2.27 bits per heavy atom. The lowest BCUT2D eigenvalue weighted by atomic mass is 10.1. The van der Waals surface area contributed by atoms with Crippen molar-refractivity contribution in [3.63, 3.8) is 0 Å². The third-order valence-corrected chi connectivity index (χ3v) is 3.32. The van der Waals surface area contributed by atoms with Gasteiger partial charge >= 0.3 is 0 Å². The standard InChI is InChI=1S/C8H12OS2/c1-6(2)8(11-10)7-3-4-9-5-7/h3-6,8,10H,1-2H3. The lowest BCUT2D eigenvalue weighted by Crippen LogP contribution is -1.98. The predicted octanol–water partition coefficient (Wildman–Crippen LogP) is 3.55. The van der Waals surface area contributed by atoms with Gasteiger partial charge < -0.3 is 4.42 Å². The lowest BCUT2D eigenvalue weighted by Gasteiger charge is -2.14. The fraction of sp³-hybridized carbons (Fsp3) is 0.500. The van der Waals surface area contributed by atoms with Gasteiger partial charge in [0.1, 0.15) is 0 Å². The van der Waals surface area contributed by atoms with E-state index in [1.165, 1.54) is 5.56 Å². The first-order valence-electron chi connectivity index (χ1n) is 3.58. The summed E-state index contributed by atoms with van der Waals surface area (Å²) in [6, 6.07) is 1.99. The van der Waals surface area contributed by atoms with Gasteiger partial charge in [0.2, 0.25) is 0 Å². The first-order valence-corrected chi connectivity index (χ1v) is 5.51. The first kappa shape index (κ1) is 9.07. The van der Waals surface area contributed by atoms with Crippen molar-refractivity contribution in [3.05, 3.63) is 24.2 Å². The van der Waals surface area contributed by atoms with E-state index >= 15 is 0 Å². The molecule has 3 heteroatoms. The molecule has 0 radical (unpaired) electrons. The van der Waals surface area contributed by atoms with Crippen LogP contribution >= 0.6 is 22.5 Å². The molecular formula is C8H12OS2. The molecule has 0 spiro atoms. The Labute approximate surface area is 76.4 Å². The van der Waals surface area contributed by atoms with E-state index in [1.54, 1.807) is 23.3 Å². The highest BCUT2D eigenvalue weighted by molar-refractivity contribution is 8.68. The molecule has 1 nitrogen and oxygen atoms in total. The number of hydrogen-bond acceptors (Lipinski definition) is 3. The van der Waals surface area contributed by atoms with Gasteiger partial charge in [-0.25, -0.2) is 0 Å². The second kappa shape index (κ2) is 4.12. The van der Waals surface area contributed by atoms with E-state index in [9.17, 15) is 0 Å². The van der Waals surface area contributed by atoms with Gasteiger partial charge in [0.25, 0.3) is 0 Å². The van der Waals surface area contributed by atoms with Gasteiger partial charge in [0.15, 0.2) is 0 Å². The lowest BCUT2D eigenvalue weighted by molar-refractivity contribution is 0.556. The zero-order valence-electron chi connectivity index (χ0n) is 6.65. The van der Waals surface area contributed by atoms with Crippen LogP contribution in [0.15, 0.2) is 23.0 Å². The second-order valence-corrected chi connectivity index (χ2v) is 4.18. The van der Waals surface area contributed by atoms with Gasteiger partial charge in [-0.2, -0.15) is 0 Å². The quantitative estimate of drug-likeness (QED) is 0.575. The van der Waals surface area contributed by atoms with E-state index in [1.807, 2.05) is 6.07 Å². The van der Waals surface area contributed by atoms with Crippen LogP contribution in [-0.2, 0) is 0 Å². The maximum atomic E-state index is 5.00. The van der Waals surface area contributed by atoms with Crippen molar-refractivity contribution in [2.75, 3.05) is 0 Å². The Hall–Kier alpha value is -0.0200. The van der Waals surface area contributed by atoms with Crippen molar-refractivity contribution in [1.82, 2.24) is 0 Å². The molecular weight excluding hydrogens is 176 g/mol. The van der Waals surface area contributed by atoms with Crippen LogP contribution in [0.5, 0.6) is 0 Å². The summed E-state index contributed by atoms with van der Waals surface area (Å²) in [7, 11) is 1.57. The third kappa shape index (κ3) is 2.20. The molecule has 0 amide bonds. The molecule has 62 valence electrons. The molecule has 1 rings (SSSR count). The van der Waals surface area contributed by atoms with E-state index in [0.29, 0.717) is 11.2 Å². The molecule has 0 aliphatic rings. The molecule has 0 aliphatic carbocycles. The average molecular weight is 188 g/mol. The normalized spacial score (nSPS) is 13.8. The Balaban J connectivity index is 2.71. The van der Waals surface area contributed by atoms with E-state index in [0.717, 1.165) is 0 Å². The number of hydrogen-bond donors (Lipinski definition) is 1. The Morgan fingerprint density at radius 3 is 2.64 bits per heavy atom. The van der Waals surface area contributed by atoms with Crippen LogP contribution in [0.2, 0.25) is 0 Å². The summed E-state index contributed by atoms with van der Waals surface area (Å²) < 4.78 is 5.00. The largest absolute Gasteiger partial charge is 0.472 e. The molecule has 0 saturated carbocycles. The van der Waals surface area contributed by atoms with Crippen LogP contribution in [0.1, 0.15) is 24.7 Å². The zero-order chi connectivity index (χ0) is 8.27. The van der Waals surface area contributed by atoms with Crippen LogP contribution in [0.3, 0.4) is 0 Å². The highest BCUT2D eigenvalue weighted by Crippen LogP contribution is 2.37. The molecule has 0 aromatic carbocycles. The third-order valence-electron chi connectivity index (χ3n) is 1.59. The van der Waals surface area contributed by atoms with Crippen molar-refractivity contribution < 1.29 is 4.42 Å². The molecule has 1 aromatic rings. The summed E-state index contributed by atoms with van der Waals surface area (Å²) in [5, 5.41) is 0.442.